The summed E-state index contributed by atoms with van der Waals surface area (Å²) in [5, 5.41) is 13.3. The molecule has 1 aliphatic rings. The van der Waals surface area contributed by atoms with Crippen molar-refractivity contribution in [2.45, 2.75) is 58.8 Å². The van der Waals surface area contributed by atoms with Crippen LogP contribution in [0.2, 0.25) is 0 Å². The predicted octanol–water partition coefficient (Wildman–Crippen LogP) is 5.68. The van der Waals surface area contributed by atoms with Gasteiger partial charge in [0.15, 0.2) is 0 Å². The van der Waals surface area contributed by atoms with E-state index in [1.807, 2.05) is 24.3 Å². The van der Waals surface area contributed by atoms with Crippen LogP contribution in [0.15, 0.2) is 24.3 Å². The first-order chi connectivity index (χ1) is 12.3. The number of hydrogen-bond donors (Lipinski definition) is 1. The molecule has 1 heterocycles. The highest BCUT2D eigenvalue weighted by molar-refractivity contribution is 7.16. The monoisotopic (exact) mass is 366 g/mol. The van der Waals surface area contributed by atoms with Crippen LogP contribution in [0.25, 0.3) is 0 Å². The average Bonchev–Trinajstić information content (AvgIpc) is 2.96. The molecule has 0 bridgehead atoms. The molecule has 0 saturated heterocycles. The van der Waals surface area contributed by atoms with Crippen molar-refractivity contribution in [1.29, 1.82) is 5.26 Å². The number of nitriles is 1. The van der Waals surface area contributed by atoms with Gasteiger partial charge in [0.2, 0.25) is 0 Å². The van der Waals surface area contributed by atoms with Gasteiger partial charge in [-0.15, -0.1) is 11.3 Å². The minimum atomic E-state index is -0.146. The van der Waals surface area contributed by atoms with Gasteiger partial charge in [-0.25, -0.2) is 0 Å². The molecule has 136 valence electrons. The minimum absolute atomic E-state index is 0.0611. The largest absolute Gasteiger partial charge is 0.312 e. The van der Waals surface area contributed by atoms with E-state index < -0.39 is 0 Å². The lowest BCUT2D eigenvalue weighted by Crippen LogP contribution is -2.14. The number of nitrogens with zero attached hydrogens (tertiary/aromatic N) is 1. The van der Waals surface area contributed by atoms with Crippen molar-refractivity contribution in [1.82, 2.24) is 0 Å². The first-order valence-electron chi connectivity index (χ1n) is 9.30. The van der Waals surface area contributed by atoms with Crippen molar-refractivity contribution in [3.8, 4) is 6.07 Å². The van der Waals surface area contributed by atoms with Crippen molar-refractivity contribution in [2.24, 2.45) is 5.92 Å². The van der Waals surface area contributed by atoms with E-state index in [0.29, 0.717) is 22.0 Å². The summed E-state index contributed by atoms with van der Waals surface area (Å²) in [5.74, 6) is 0.550. The number of thiophene rings is 1. The highest BCUT2D eigenvalue weighted by atomic mass is 32.1. The van der Waals surface area contributed by atoms with Crippen LogP contribution in [0.4, 0.5) is 5.00 Å². The number of anilines is 1. The lowest BCUT2D eigenvalue weighted by Gasteiger charge is -2.20. The topological polar surface area (TPSA) is 52.9 Å². The normalized spacial score (nSPS) is 16.7. The molecular weight excluding hydrogens is 340 g/mol. The van der Waals surface area contributed by atoms with Crippen molar-refractivity contribution in [2.75, 3.05) is 5.32 Å². The van der Waals surface area contributed by atoms with Crippen molar-refractivity contribution >= 4 is 22.2 Å². The number of carbonyl (C=O) groups is 1. The lowest BCUT2D eigenvalue weighted by molar-refractivity contribution is 0.102. The van der Waals surface area contributed by atoms with E-state index in [-0.39, 0.29) is 11.3 Å². The number of hydrogen-bond acceptors (Lipinski definition) is 3. The molecular formula is C22H26N2OS. The van der Waals surface area contributed by atoms with Crippen molar-refractivity contribution < 1.29 is 4.79 Å². The smallest absolute Gasteiger partial charge is 0.256 e. The molecule has 3 rings (SSSR count). The number of rotatable bonds is 3. The molecule has 2 aromatic rings. The zero-order valence-electron chi connectivity index (χ0n) is 16.0. The molecule has 1 N–H and O–H groups in total. The number of fused-ring (bicyclic) bond motifs is 1. The Bertz CT molecular complexity index is 850. The summed E-state index contributed by atoms with van der Waals surface area (Å²) in [6, 6.07) is 10.1. The predicted molar refractivity (Wildman–Crippen MR) is 108 cm³/mol. The third-order valence-corrected chi connectivity index (χ3v) is 6.47. The van der Waals surface area contributed by atoms with Crippen molar-refractivity contribution in [3.63, 3.8) is 0 Å². The Kier molecular flexibility index (Phi) is 5.20. The minimum Gasteiger partial charge on any atom is -0.312 e. The molecule has 1 aliphatic carbocycles. The van der Waals surface area contributed by atoms with Gasteiger partial charge in [-0.3, -0.25) is 4.79 Å². The summed E-state index contributed by atoms with van der Waals surface area (Å²) in [4.78, 5) is 13.9. The van der Waals surface area contributed by atoms with Gasteiger partial charge in [-0.1, -0.05) is 46.2 Å². The van der Waals surface area contributed by atoms with Gasteiger partial charge < -0.3 is 5.32 Å². The van der Waals surface area contributed by atoms with E-state index in [2.05, 4.69) is 39.1 Å². The molecule has 0 spiro atoms. The third kappa shape index (κ3) is 3.68. The number of carbonyl (C=O) groups excluding carboxylic acids is 1. The van der Waals surface area contributed by atoms with Crippen molar-refractivity contribution in [3.05, 3.63) is 51.4 Å². The molecule has 1 atom stereocenters. The molecule has 0 aliphatic heterocycles. The molecule has 26 heavy (non-hydrogen) atoms. The van der Waals surface area contributed by atoms with Crippen LogP contribution < -0.4 is 5.32 Å². The number of amides is 1. The summed E-state index contributed by atoms with van der Waals surface area (Å²) >= 11 is 1.58. The van der Waals surface area contributed by atoms with Crippen LogP contribution in [0, 0.1) is 17.2 Å². The van der Waals surface area contributed by atoms with Gasteiger partial charge in [0.05, 0.1) is 5.56 Å². The first kappa shape index (κ1) is 18.7. The van der Waals surface area contributed by atoms with Crippen LogP contribution in [0.3, 0.4) is 0 Å². The standard InChI is InChI=1S/C22H26N2OS/c1-5-14-6-11-17-18(13-23)21(26-19(17)12-14)24-20(25)15-7-9-16(10-8-15)22(2,3)4/h7-10,14H,5-6,11-12H2,1-4H3,(H,24,25). The molecule has 1 aromatic carbocycles. The summed E-state index contributed by atoms with van der Waals surface area (Å²) < 4.78 is 0. The quantitative estimate of drug-likeness (QED) is 0.759. The Morgan fingerprint density at radius 2 is 2.00 bits per heavy atom. The summed E-state index contributed by atoms with van der Waals surface area (Å²) in [7, 11) is 0. The number of nitrogens with one attached hydrogen (secondary N) is 1. The molecule has 0 saturated carbocycles. The first-order valence-corrected chi connectivity index (χ1v) is 10.1. The van der Waals surface area contributed by atoms with E-state index in [1.54, 1.807) is 11.3 Å². The third-order valence-electron chi connectivity index (χ3n) is 5.30. The van der Waals surface area contributed by atoms with Crippen LogP contribution in [-0.2, 0) is 18.3 Å². The van der Waals surface area contributed by atoms with Gasteiger partial charge >= 0.3 is 0 Å². The fraction of sp³-hybridized carbons (Fsp3) is 0.455. The van der Waals surface area contributed by atoms with Crippen LogP contribution >= 0.6 is 11.3 Å². The van der Waals surface area contributed by atoms with E-state index in [9.17, 15) is 10.1 Å². The van der Waals surface area contributed by atoms with Crippen LogP contribution in [0.1, 0.15) is 72.5 Å². The summed E-state index contributed by atoms with van der Waals surface area (Å²) in [5.41, 5.74) is 3.70. The molecule has 0 fully saturated rings. The van der Waals surface area contributed by atoms with Gasteiger partial charge in [0.25, 0.3) is 5.91 Å². The maximum atomic E-state index is 12.7. The maximum absolute atomic E-state index is 12.7. The van der Waals surface area contributed by atoms with Gasteiger partial charge in [0, 0.05) is 10.4 Å². The Labute approximate surface area is 160 Å². The van der Waals surface area contributed by atoms with E-state index in [0.717, 1.165) is 24.8 Å². The van der Waals surface area contributed by atoms with Gasteiger partial charge in [-0.2, -0.15) is 5.26 Å². The second-order valence-corrected chi connectivity index (χ2v) is 9.22. The Balaban J connectivity index is 1.82. The molecule has 1 aromatic heterocycles. The van der Waals surface area contributed by atoms with E-state index >= 15 is 0 Å². The lowest BCUT2D eigenvalue weighted by atomic mass is 9.86. The highest BCUT2D eigenvalue weighted by Gasteiger charge is 2.26. The SMILES string of the molecule is CCC1CCc2c(sc(NC(=O)c3ccc(C(C)(C)C)cc3)c2C#N)C1. The molecule has 1 amide bonds. The van der Waals surface area contributed by atoms with Crippen LogP contribution in [0.5, 0.6) is 0 Å². The molecule has 4 heteroatoms. The van der Waals surface area contributed by atoms with E-state index in [4.69, 9.17) is 0 Å². The Morgan fingerprint density at radius 1 is 1.31 bits per heavy atom. The second kappa shape index (κ2) is 7.25. The fourth-order valence-electron chi connectivity index (χ4n) is 3.51. The highest BCUT2D eigenvalue weighted by Crippen LogP contribution is 2.40. The zero-order chi connectivity index (χ0) is 18.9. The summed E-state index contributed by atoms with van der Waals surface area (Å²) in [6.07, 6.45) is 4.28. The van der Waals surface area contributed by atoms with E-state index in [1.165, 1.54) is 16.9 Å². The number of benzene rings is 1. The molecule has 0 radical (unpaired) electrons. The second-order valence-electron chi connectivity index (χ2n) is 8.12. The average molecular weight is 367 g/mol. The Hall–Kier alpha value is -2.12. The van der Waals surface area contributed by atoms with Crippen LogP contribution in [-0.4, -0.2) is 5.91 Å². The van der Waals surface area contributed by atoms with Gasteiger partial charge in [-0.05, 0) is 53.9 Å². The molecule has 1 unspecified atom stereocenters. The summed E-state index contributed by atoms with van der Waals surface area (Å²) in [6.45, 7) is 8.68. The zero-order valence-corrected chi connectivity index (χ0v) is 16.8. The fourth-order valence-corrected chi connectivity index (χ4v) is 4.81. The molecule has 3 nitrogen and oxygen atoms in total. The van der Waals surface area contributed by atoms with Gasteiger partial charge in [0.1, 0.15) is 11.1 Å². The Morgan fingerprint density at radius 3 is 2.58 bits per heavy atom. The maximum Gasteiger partial charge on any atom is 0.256 e.